The molecule has 7 nitrogen and oxygen atoms in total. The number of nitrogens with zero attached hydrogens (tertiary/aromatic N) is 1. The summed E-state index contributed by atoms with van der Waals surface area (Å²) in [5.41, 5.74) is 2.59. The van der Waals surface area contributed by atoms with Crippen molar-refractivity contribution in [3.63, 3.8) is 0 Å². The van der Waals surface area contributed by atoms with E-state index in [2.05, 4.69) is 10.6 Å². The van der Waals surface area contributed by atoms with Crippen molar-refractivity contribution < 1.29 is 14.4 Å². The van der Waals surface area contributed by atoms with Crippen molar-refractivity contribution in [2.45, 2.75) is 13.2 Å². The van der Waals surface area contributed by atoms with Crippen LogP contribution in [0, 0.1) is 10.1 Å². The smallest absolute Gasteiger partial charge is 0.269 e. The Morgan fingerprint density at radius 2 is 1.71 bits per heavy atom. The average Bonchev–Trinajstić information content (AvgIpc) is 2.79. The maximum atomic E-state index is 10.7. The van der Waals surface area contributed by atoms with Gasteiger partial charge in [-0.05, 0) is 42.0 Å². The summed E-state index contributed by atoms with van der Waals surface area (Å²) in [4.78, 5) is 10.3. The molecule has 3 rings (SSSR count). The van der Waals surface area contributed by atoms with Crippen LogP contribution in [0.25, 0.3) is 0 Å². The third kappa shape index (κ3) is 7.82. The SMILES string of the molecule is COc1cc(CNCCNc2ccc([N+](=O)[O-])cc2)cc(Cl)c1OCc1ccc(Cl)cc1Cl.Cl. The summed E-state index contributed by atoms with van der Waals surface area (Å²) in [5.74, 6) is 0.960. The Morgan fingerprint density at radius 3 is 2.35 bits per heavy atom. The van der Waals surface area contributed by atoms with Gasteiger partial charge in [0.25, 0.3) is 5.69 Å². The van der Waals surface area contributed by atoms with Gasteiger partial charge in [0.1, 0.15) is 6.61 Å². The number of methoxy groups -OCH3 is 1. The monoisotopic (exact) mass is 545 g/mol. The Balaban J connectivity index is 0.00000408. The van der Waals surface area contributed by atoms with Gasteiger partial charge in [0.15, 0.2) is 11.5 Å². The Labute approximate surface area is 218 Å². The second kappa shape index (κ2) is 13.5. The van der Waals surface area contributed by atoms with E-state index in [-0.39, 0.29) is 24.7 Å². The van der Waals surface area contributed by atoms with Crippen LogP contribution >= 0.6 is 47.2 Å². The number of halogens is 4. The third-order valence-corrected chi connectivity index (χ3v) is 5.58. The minimum absolute atomic E-state index is 0. The molecule has 0 radical (unpaired) electrons. The molecular formula is C23H23Cl4N3O4. The molecule has 0 aliphatic heterocycles. The molecule has 0 atom stereocenters. The average molecular weight is 547 g/mol. The van der Waals surface area contributed by atoms with E-state index in [0.29, 0.717) is 46.2 Å². The standard InChI is InChI=1S/C23H22Cl3N3O4.ClH/c1-32-22-11-15(13-27-8-9-28-18-4-6-19(7-5-18)29(30)31)10-21(26)23(22)33-14-16-2-3-17(24)12-20(16)25;/h2-7,10-12,27-28H,8-9,13-14H2,1H3;1H. The molecule has 0 heterocycles. The number of benzene rings is 3. The minimum atomic E-state index is -0.423. The maximum Gasteiger partial charge on any atom is 0.269 e. The van der Waals surface area contributed by atoms with E-state index < -0.39 is 4.92 Å². The van der Waals surface area contributed by atoms with E-state index in [1.165, 1.54) is 12.1 Å². The molecule has 0 aliphatic carbocycles. The van der Waals surface area contributed by atoms with E-state index in [9.17, 15) is 10.1 Å². The summed E-state index contributed by atoms with van der Waals surface area (Å²) < 4.78 is 11.3. The molecule has 0 amide bonds. The van der Waals surface area contributed by atoms with Crippen molar-refractivity contribution in [3.05, 3.63) is 90.9 Å². The lowest BCUT2D eigenvalue weighted by atomic mass is 10.2. The van der Waals surface area contributed by atoms with Gasteiger partial charge in [-0.3, -0.25) is 10.1 Å². The van der Waals surface area contributed by atoms with E-state index >= 15 is 0 Å². The zero-order chi connectivity index (χ0) is 23.8. The number of rotatable bonds is 11. The molecular weight excluding hydrogens is 524 g/mol. The molecule has 3 aromatic carbocycles. The van der Waals surface area contributed by atoms with Crippen LogP contribution in [0.15, 0.2) is 54.6 Å². The van der Waals surface area contributed by atoms with Crippen LogP contribution in [0.4, 0.5) is 11.4 Å². The Hall–Kier alpha value is -2.42. The van der Waals surface area contributed by atoms with Crippen molar-refractivity contribution in [3.8, 4) is 11.5 Å². The lowest BCUT2D eigenvalue weighted by Gasteiger charge is -2.15. The second-order valence-electron chi connectivity index (χ2n) is 7.04. The first kappa shape index (κ1) is 27.8. The number of ether oxygens (including phenoxy) is 2. The quantitative estimate of drug-likeness (QED) is 0.157. The number of anilines is 1. The van der Waals surface area contributed by atoms with Crippen LogP contribution < -0.4 is 20.1 Å². The highest BCUT2D eigenvalue weighted by Crippen LogP contribution is 2.37. The number of non-ortho nitro benzene ring substituents is 1. The fraction of sp³-hybridized carbons (Fsp3) is 0.217. The van der Waals surface area contributed by atoms with Crippen molar-refractivity contribution >= 4 is 58.6 Å². The summed E-state index contributed by atoms with van der Waals surface area (Å²) in [6.45, 7) is 2.11. The number of nitro benzene ring substituents is 1. The lowest BCUT2D eigenvalue weighted by Crippen LogP contribution is -2.21. The molecule has 34 heavy (non-hydrogen) atoms. The molecule has 0 aromatic heterocycles. The molecule has 0 bridgehead atoms. The van der Waals surface area contributed by atoms with E-state index in [4.69, 9.17) is 44.3 Å². The van der Waals surface area contributed by atoms with Gasteiger partial charge in [-0.25, -0.2) is 0 Å². The van der Waals surface area contributed by atoms with Gasteiger partial charge < -0.3 is 20.1 Å². The summed E-state index contributed by atoms with van der Waals surface area (Å²) in [5, 5.41) is 18.7. The number of hydrogen-bond acceptors (Lipinski definition) is 6. The van der Waals surface area contributed by atoms with E-state index in [1.807, 2.05) is 12.1 Å². The highest BCUT2D eigenvalue weighted by Gasteiger charge is 2.13. The molecule has 0 saturated heterocycles. The Kier molecular flexibility index (Phi) is 11.0. The summed E-state index contributed by atoms with van der Waals surface area (Å²) in [6, 6.07) is 15.2. The fourth-order valence-corrected chi connectivity index (χ4v) is 3.78. The van der Waals surface area contributed by atoms with Crippen molar-refractivity contribution in [2.24, 2.45) is 0 Å². The molecule has 2 N–H and O–H groups in total. The van der Waals surface area contributed by atoms with Crippen LogP contribution in [0.3, 0.4) is 0 Å². The maximum absolute atomic E-state index is 10.7. The molecule has 0 fully saturated rings. The number of hydrogen-bond donors (Lipinski definition) is 2. The van der Waals surface area contributed by atoms with Crippen molar-refractivity contribution in [2.75, 3.05) is 25.5 Å². The second-order valence-corrected chi connectivity index (χ2v) is 8.29. The van der Waals surface area contributed by atoms with E-state index in [1.54, 1.807) is 37.4 Å². The normalized spacial score (nSPS) is 10.4. The zero-order valence-corrected chi connectivity index (χ0v) is 21.2. The number of nitro groups is 1. The highest BCUT2D eigenvalue weighted by atomic mass is 35.5. The predicted molar refractivity (Wildman–Crippen MR) is 139 cm³/mol. The fourth-order valence-electron chi connectivity index (χ4n) is 3.03. The van der Waals surface area contributed by atoms with Gasteiger partial charge in [-0.15, -0.1) is 12.4 Å². The molecule has 11 heteroatoms. The first-order valence-electron chi connectivity index (χ1n) is 9.99. The van der Waals surface area contributed by atoms with Crippen molar-refractivity contribution in [1.29, 1.82) is 0 Å². The van der Waals surface area contributed by atoms with Crippen molar-refractivity contribution in [1.82, 2.24) is 5.32 Å². The van der Waals surface area contributed by atoms with Crippen LogP contribution in [0.5, 0.6) is 11.5 Å². The summed E-state index contributed by atoms with van der Waals surface area (Å²) >= 11 is 18.6. The van der Waals surface area contributed by atoms with Crippen LogP contribution in [-0.2, 0) is 13.2 Å². The molecule has 3 aromatic rings. The molecule has 0 unspecified atom stereocenters. The molecule has 0 spiro atoms. The predicted octanol–water partition coefficient (Wildman–Crippen LogP) is 6.77. The third-order valence-electron chi connectivity index (χ3n) is 4.71. The first-order chi connectivity index (χ1) is 15.9. The van der Waals surface area contributed by atoms with Crippen LogP contribution in [0.2, 0.25) is 15.1 Å². The topological polar surface area (TPSA) is 85.7 Å². The molecule has 0 saturated carbocycles. The first-order valence-corrected chi connectivity index (χ1v) is 11.1. The van der Waals surface area contributed by atoms with Gasteiger partial charge in [0, 0.05) is 53.1 Å². The lowest BCUT2D eigenvalue weighted by molar-refractivity contribution is -0.384. The number of nitrogens with one attached hydrogen (secondary N) is 2. The Morgan fingerprint density at radius 1 is 0.971 bits per heavy atom. The summed E-state index contributed by atoms with van der Waals surface area (Å²) in [7, 11) is 1.55. The van der Waals surface area contributed by atoms with Gasteiger partial charge in [-0.2, -0.15) is 0 Å². The molecule has 0 aliphatic rings. The minimum Gasteiger partial charge on any atom is -0.493 e. The summed E-state index contributed by atoms with van der Waals surface area (Å²) in [6.07, 6.45) is 0. The van der Waals surface area contributed by atoms with E-state index in [0.717, 1.165) is 16.8 Å². The zero-order valence-electron chi connectivity index (χ0n) is 18.1. The van der Waals surface area contributed by atoms with Gasteiger partial charge in [-0.1, -0.05) is 40.9 Å². The van der Waals surface area contributed by atoms with Crippen LogP contribution in [-0.4, -0.2) is 25.1 Å². The highest BCUT2D eigenvalue weighted by molar-refractivity contribution is 6.35. The van der Waals surface area contributed by atoms with Gasteiger partial charge in [0.05, 0.1) is 17.1 Å². The Bertz CT molecular complexity index is 1110. The van der Waals surface area contributed by atoms with Gasteiger partial charge in [0.2, 0.25) is 0 Å². The molecule has 182 valence electrons. The van der Waals surface area contributed by atoms with Crippen LogP contribution in [0.1, 0.15) is 11.1 Å². The largest absolute Gasteiger partial charge is 0.493 e. The van der Waals surface area contributed by atoms with Gasteiger partial charge >= 0.3 is 0 Å².